The Labute approximate surface area is 201 Å². The minimum atomic E-state index is -0.644. The van der Waals surface area contributed by atoms with E-state index in [1.807, 2.05) is 0 Å². The smallest absolute Gasteiger partial charge is 0.126 e. The summed E-state index contributed by atoms with van der Waals surface area (Å²) in [4.78, 5) is 12.6. The van der Waals surface area contributed by atoms with E-state index < -0.39 is 12.2 Å². The number of aldehydes is 1. The fourth-order valence-electron chi connectivity index (χ4n) is 10.6. The highest BCUT2D eigenvalue weighted by atomic mass is 16.3. The molecule has 5 aliphatic rings. The fraction of sp³-hybridized carbons (Fsp3) is 0.900. The average molecular weight is 457 g/mol. The van der Waals surface area contributed by atoms with Crippen LogP contribution < -0.4 is 0 Å². The summed E-state index contributed by atoms with van der Waals surface area (Å²) in [5, 5.41) is 21.9. The lowest BCUT2D eigenvalue weighted by Gasteiger charge is -2.71. The molecule has 0 saturated heterocycles. The zero-order chi connectivity index (χ0) is 24.2. The number of hydrogen-bond acceptors (Lipinski definition) is 3. The molecule has 33 heavy (non-hydrogen) atoms. The van der Waals surface area contributed by atoms with Gasteiger partial charge in [0.05, 0.1) is 12.2 Å². The zero-order valence-corrected chi connectivity index (χ0v) is 22.2. The molecule has 3 nitrogen and oxygen atoms in total. The zero-order valence-electron chi connectivity index (χ0n) is 22.2. The van der Waals surface area contributed by atoms with E-state index >= 15 is 0 Å². The number of aliphatic hydroxyl groups is 2. The van der Waals surface area contributed by atoms with Crippen molar-refractivity contribution in [1.29, 1.82) is 0 Å². The van der Waals surface area contributed by atoms with E-state index in [1.165, 1.54) is 12.7 Å². The summed E-state index contributed by atoms with van der Waals surface area (Å²) in [6, 6.07) is 0. The van der Waals surface area contributed by atoms with E-state index in [4.69, 9.17) is 0 Å². The predicted molar refractivity (Wildman–Crippen MR) is 132 cm³/mol. The number of fused-ring (bicyclic) bond motifs is 7. The lowest BCUT2D eigenvalue weighted by atomic mass is 9.33. The van der Waals surface area contributed by atoms with E-state index in [-0.39, 0.29) is 27.1 Å². The van der Waals surface area contributed by atoms with Gasteiger partial charge in [0.15, 0.2) is 0 Å². The molecule has 0 unspecified atom stereocenters. The van der Waals surface area contributed by atoms with Crippen LogP contribution in [0.25, 0.3) is 0 Å². The van der Waals surface area contributed by atoms with Crippen molar-refractivity contribution >= 4 is 6.29 Å². The van der Waals surface area contributed by atoms with Crippen LogP contribution in [0.4, 0.5) is 0 Å². The maximum Gasteiger partial charge on any atom is 0.126 e. The maximum absolute atomic E-state index is 12.6. The van der Waals surface area contributed by atoms with E-state index in [1.54, 1.807) is 5.57 Å². The summed E-state index contributed by atoms with van der Waals surface area (Å²) in [6.07, 6.45) is 12.2. The maximum atomic E-state index is 12.6. The van der Waals surface area contributed by atoms with Gasteiger partial charge in [-0.2, -0.15) is 0 Å². The predicted octanol–water partition coefficient (Wildman–Crippen LogP) is 6.32. The second-order valence-electron chi connectivity index (χ2n) is 15.1. The second kappa shape index (κ2) is 6.96. The molecule has 2 N–H and O–H groups in total. The molecule has 3 heteroatoms. The molecule has 0 aromatic rings. The summed E-state index contributed by atoms with van der Waals surface area (Å²) in [5.41, 5.74) is 1.77. The highest BCUT2D eigenvalue weighted by Gasteiger charge is 2.69. The number of allylic oxidation sites excluding steroid dienone is 2. The van der Waals surface area contributed by atoms with Crippen LogP contribution in [0, 0.1) is 50.2 Å². The molecule has 0 spiro atoms. The monoisotopic (exact) mass is 456 g/mol. The number of hydrogen-bond donors (Lipinski definition) is 2. The number of aliphatic hydroxyl groups excluding tert-OH is 2. The van der Waals surface area contributed by atoms with Gasteiger partial charge in [0.25, 0.3) is 0 Å². The number of rotatable bonds is 1. The summed E-state index contributed by atoms with van der Waals surface area (Å²) >= 11 is 0. The largest absolute Gasteiger partial charge is 0.390 e. The molecule has 9 atom stereocenters. The minimum absolute atomic E-state index is 0.0191. The van der Waals surface area contributed by atoms with Crippen LogP contribution in [-0.2, 0) is 4.79 Å². The molecule has 0 amide bonds. The van der Waals surface area contributed by atoms with E-state index in [2.05, 4.69) is 54.5 Å². The summed E-state index contributed by atoms with van der Waals surface area (Å²) < 4.78 is 0. The molecule has 0 aromatic heterocycles. The molecule has 5 aliphatic carbocycles. The SMILES string of the molecule is CC1(C)CC[C@]2(C=O)CC[C@]3(C)C(=CC[C@@H]4[C@@]5(C)C[C@@H](O)[C@H](O)C(C)(C)[C@@H]5CC[C@]43C)[C@@H]2C1. The van der Waals surface area contributed by atoms with Crippen molar-refractivity contribution in [2.24, 2.45) is 50.2 Å². The summed E-state index contributed by atoms with van der Waals surface area (Å²) in [5.74, 6) is 1.31. The van der Waals surface area contributed by atoms with Crippen molar-refractivity contribution in [3.8, 4) is 0 Å². The fourth-order valence-corrected chi connectivity index (χ4v) is 10.6. The number of carbonyl (C=O) groups is 1. The lowest BCUT2D eigenvalue weighted by molar-refractivity contribution is -0.230. The van der Waals surface area contributed by atoms with E-state index in [0.29, 0.717) is 29.6 Å². The lowest BCUT2D eigenvalue weighted by Crippen LogP contribution is -2.66. The Morgan fingerprint density at radius 1 is 0.879 bits per heavy atom. The molecular weight excluding hydrogens is 408 g/mol. The number of carbonyl (C=O) groups excluding carboxylic acids is 1. The third-order valence-electron chi connectivity index (χ3n) is 12.9. The van der Waals surface area contributed by atoms with Gasteiger partial charge in [-0.25, -0.2) is 0 Å². The Morgan fingerprint density at radius 3 is 2.21 bits per heavy atom. The standard InChI is InChI=1S/C30H48O3/c1-25(2)12-14-30(18-31)15-13-28(6)19(20(30)16-25)8-9-23-27(5)17-21(32)24(33)26(3,4)22(27)10-11-29(23,28)7/h8,18,20-24,32-33H,9-17H2,1-7H3/t20-,21+,22-,23+,24-,27-,28+,29+,30+/m0/s1. The molecule has 4 saturated carbocycles. The highest BCUT2D eigenvalue weighted by molar-refractivity contribution is 5.63. The van der Waals surface area contributed by atoms with Gasteiger partial charge in [-0.15, -0.1) is 0 Å². The van der Waals surface area contributed by atoms with Crippen LogP contribution in [0.5, 0.6) is 0 Å². The first-order chi connectivity index (χ1) is 15.2. The van der Waals surface area contributed by atoms with Gasteiger partial charge in [0.1, 0.15) is 6.29 Å². The third-order valence-corrected chi connectivity index (χ3v) is 12.9. The highest BCUT2D eigenvalue weighted by Crippen LogP contribution is 2.75. The molecule has 0 heterocycles. The van der Waals surface area contributed by atoms with Gasteiger partial charge < -0.3 is 15.0 Å². The van der Waals surface area contributed by atoms with Crippen LogP contribution in [0.2, 0.25) is 0 Å². The Hall–Kier alpha value is -0.670. The van der Waals surface area contributed by atoms with Crippen LogP contribution in [0.1, 0.15) is 106 Å². The molecule has 0 aliphatic heterocycles. The topological polar surface area (TPSA) is 57.5 Å². The van der Waals surface area contributed by atoms with Gasteiger partial charge in [-0.3, -0.25) is 0 Å². The van der Waals surface area contributed by atoms with Crippen LogP contribution in [0.3, 0.4) is 0 Å². The van der Waals surface area contributed by atoms with Gasteiger partial charge >= 0.3 is 0 Å². The first kappa shape index (κ1) is 24.0. The summed E-state index contributed by atoms with van der Waals surface area (Å²) in [6.45, 7) is 16.7. The second-order valence-corrected chi connectivity index (χ2v) is 15.1. The molecule has 5 rings (SSSR count). The van der Waals surface area contributed by atoms with Crippen molar-refractivity contribution in [3.05, 3.63) is 11.6 Å². The third kappa shape index (κ3) is 2.90. The Morgan fingerprint density at radius 2 is 1.55 bits per heavy atom. The van der Waals surface area contributed by atoms with Crippen LogP contribution in [0.15, 0.2) is 11.6 Å². The van der Waals surface area contributed by atoms with Crippen molar-refractivity contribution in [2.75, 3.05) is 0 Å². The normalized spacial score (nSPS) is 54.7. The van der Waals surface area contributed by atoms with Gasteiger partial charge in [0.2, 0.25) is 0 Å². The van der Waals surface area contributed by atoms with Crippen LogP contribution >= 0.6 is 0 Å². The molecule has 0 bridgehead atoms. The van der Waals surface area contributed by atoms with Gasteiger partial charge in [-0.05, 0) is 103 Å². The first-order valence-electron chi connectivity index (χ1n) is 13.7. The van der Waals surface area contributed by atoms with Gasteiger partial charge in [0, 0.05) is 5.41 Å². The Bertz CT molecular complexity index is 872. The van der Waals surface area contributed by atoms with Crippen molar-refractivity contribution < 1.29 is 15.0 Å². The van der Waals surface area contributed by atoms with Crippen molar-refractivity contribution in [1.82, 2.24) is 0 Å². The van der Waals surface area contributed by atoms with Crippen molar-refractivity contribution in [2.45, 2.75) is 118 Å². The van der Waals surface area contributed by atoms with E-state index in [0.717, 1.165) is 44.9 Å². The van der Waals surface area contributed by atoms with Crippen molar-refractivity contribution in [3.63, 3.8) is 0 Å². The molecule has 0 aromatic carbocycles. The summed E-state index contributed by atoms with van der Waals surface area (Å²) in [7, 11) is 0. The minimum Gasteiger partial charge on any atom is -0.390 e. The average Bonchev–Trinajstić information content (AvgIpc) is 2.72. The molecule has 186 valence electrons. The van der Waals surface area contributed by atoms with Gasteiger partial charge in [-0.1, -0.05) is 60.1 Å². The molecule has 4 fully saturated rings. The van der Waals surface area contributed by atoms with Crippen LogP contribution in [-0.4, -0.2) is 28.7 Å². The molecule has 0 radical (unpaired) electrons. The molecular formula is C30H48O3. The first-order valence-corrected chi connectivity index (χ1v) is 13.7. The Kier molecular flexibility index (Phi) is 5.07. The quantitative estimate of drug-likeness (QED) is 0.359. The Balaban J connectivity index is 1.60. The van der Waals surface area contributed by atoms with E-state index in [9.17, 15) is 15.0 Å².